The summed E-state index contributed by atoms with van der Waals surface area (Å²) in [5.74, 6) is 1.16. The third-order valence-corrected chi connectivity index (χ3v) is 2.93. The summed E-state index contributed by atoms with van der Waals surface area (Å²) in [4.78, 5) is 13.2. The van der Waals surface area contributed by atoms with Crippen LogP contribution < -0.4 is 14.8 Å². The zero-order chi connectivity index (χ0) is 16.0. The van der Waals surface area contributed by atoms with Crippen LogP contribution in [0.25, 0.3) is 0 Å². The maximum absolute atomic E-state index is 11.7. The van der Waals surface area contributed by atoms with E-state index in [1.165, 1.54) is 4.90 Å². The predicted octanol–water partition coefficient (Wildman–Crippen LogP) is 2.05. The van der Waals surface area contributed by atoms with Crippen LogP contribution in [0.1, 0.15) is 26.3 Å². The normalized spacial score (nSPS) is 11.1. The number of nitrogens with one attached hydrogen (secondary N) is 1. The van der Waals surface area contributed by atoms with E-state index in [9.17, 15) is 4.79 Å². The Balaban J connectivity index is 2.90. The van der Waals surface area contributed by atoms with Crippen molar-refractivity contribution in [2.24, 2.45) is 0 Å². The van der Waals surface area contributed by atoms with E-state index in [1.54, 1.807) is 21.2 Å². The second-order valence-corrected chi connectivity index (χ2v) is 6.13. The van der Waals surface area contributed by atoms with Gasteiger partial charge in [0.1, 0.15) is 0 Å². The highest BCUT2D eigenvalue weighted by Crippen LogP contribution is 2.31. The van der Waals surface area contributed by atoms with Crippen molar-refractivity contribution in [2.75, 3.05) is 27.8 Å². The second-order valence-electron chi connectivity index (χ2n) is 6.13. The second kappa shape index (κ2) is 7.31. The van der Waals surface area contributed by atoms with Crippen molar-refractivity contribution >= 4 is 5.91 Å². The van der Waals surface area contributed by atoms with Crippen LogP contribution in [0.5, 0.6) is 11.5 Å². The van der Waals surface area contributed by atoms with Crippen molar-refractivity contribution in [3.63, 3.8) is 0 Å². The predicted molar refractivity (Wildman–Crippen MR) is 83.8 cm³/mol. The van der Waals surface area contributed by atoms with Crippen LogP contribution in [0.2, 0.25) is 0 Å². The largest absolute Gasteiger partial charge is 0.493 e. The molecule has 5 heteroatoms. The molecule has 0 aliphatic rings. The van der Waals surface area contributed by atoms with E-state index in [0.29, 0.717) is 18.0 Å². The highest BCUT2D eigenvalue weighted by molar-refractivity contribution is 5.77. The average Bonchev–Trinajstić information content (AvgIpc) is 2.41. The van der Waals surface area contributed by atoms with Crippen LogP contribution >= 0.6 is 0 Å². The van der Waals surface area contributed by atoms with Crippen molar-refractivity contribution in [1.82, 2.24) is 10.2 Å². The molecule has 0 aliphatic heterocycles. The maximum atomic E-state index is 11.7. The number of carbonyl (C=O) groups excluding carboxylic acids is 1. The quantitative estimate of drug-likeness (QED) is 0.872. The number of carbonyl (C=O) groups is 1. The summed E-state index contributed by atoms with van der Waals surface area (Å²) in [5, 5.41) is 3.41. The fourth-order valence-corrected chi connectivity index (χ4v) is 1.65. The van der Waals surface area contributed by atoms with E-state index in [4.69, 9.17) is 9.47 Å². The van der Waals surface area contributed by atoms with E-state index in [1.807, 2.05) is 18.2 Å². The Bertz CT molecular complexity index is 479. The number of ether oxygens (including phenoxy) is 2. The molecular weight excluding hydrogens is 268 g/mol. The van der Waals surface area contributed by atoms with Gasteiger partial charge in [0.15, 0.2) is 18.1 Å². The van der Waals surface area contributed by atoms with Crippen LogP contribution in [0.3, 0.4) is 0 Å². The number of benzene rings is 1. The molecule has 0 spiro atoms. The Morgan fingerprint density at radius 2 is 1.95 bits per heavy atom. The number of hydrogen-bond donors (Lipinski definition) is 1. The molecule has 1 aromatic rings. The molecule has 0 saturated carbocycles. The SMILES string of the molecule is COc1cccc(CNC(C)(C)C)c1OCC(=O)N(C)C. The van der Waals surface area contributed by atoms with Gasteiger partial charge in [-0.05, 0) is 26.8 Å². The number of methoxy groups -OCH3 is 1. The lowest BCUT2D eigenvalue weighted by Gasteiger charge is -2.22. The molecule has 0 saturated heterocycles. The first-order valence-electron chi connectivity index (χ1n) is 6.98. The monoisotopic (exact) mass is 294 g/mol. The Labute approximate surface area is 127 Å². The lowest BCUT2D eigenvalue weighted by molar-refractivity contribution is -0.130. The van der Waals surface area contributed by atoms with Crippen molar-refractivity contribution in [2.45, 2.75) is 32.9 Å². The van der Waals surface area contributed by atoms with Crippen LogP contribution in [0, 0.1) is 0 Å². The average molecular weight is 294 g/mol. The number of rotatable bonds is 6. The summed E-state index contributed by atoms with van der Waals surface area (Å²) in [6, 6.07) is 5.71. The zero-order valence-corrected chi connectivity index (χ0v) is 13.8. The summed E-state index contributed by atoms with van der Waals surface area (Å²) in [5.41, 5.74) is 0.968. The van der Waals surface area contributed by atoms with Crippen molar-refractivity contribution in [3.8, 4) is 11.5 Å². The lowest BCUT2D eigenvalue weighted by Crippen LogP contribution is -2.35. The van der Waals surface area contributed by atoms with Gasteiger partial charge >= 0.3 is 0 Å². The maximum Gasteiger partial charge on any atom is 0.259 e. The van der Waals surface area contributed by atoms with E-state index in [2.05, 4.69) is 26.1 Å². The van der Waals surface area contributed by atoms with Gasteiger partial charge in [-0.15, -0.1) is 0 Å². The highest BCUT2D eigenvalue weighted by atomic mass is 16.5. The Hall–Kier alpha value is -1.75. The molecule has 5 nitrogen and oxygen atoms in total. The van der Waals surface area contributed by atoms with Gasteiger partial charge in [-0.1, -0.05) is 12.1 Å². The third-order valence-electron chi connectivity index (χ3n) is 2.93. The molecule has 0 bridgehead atoms. The smallest absolute Gasteiger partial charge is 0.259 e. The van der Waals surface area contributed by atoms with Gasteiger partial charge in [0.2, 0.25) is 0 Å². The summed E-state index contributed by atoms with van der Waals surface area (Å²) in [6.07, 6.45) is 0. The Morgan fingerprint density at radius 3 is 2.48 bits per heavy atom. The van der Waals surface area contributed by atoms with Crippen LogP contribution in [0.15, 0.2) is 18.2 Å². The van der Waals surface area contributed by atoms with Gasteiger partial charge < -0.3 is 19.7 Å². The van der Waals surface area contributed by atoms with Gasteiger partial charge in [-0.25, -0.2) is 0 Å². The first-order valence-corrected chi connectivity index (χ1v) is 6.98. The van der Waals surface area contributed by atoms with Gasteiger partial charge in [0.05, 0.1) is 7.11 Å². The Kier molecular flexibility index (Phi) is 6.03. The number of likely N-dealkylation sites (N-methyl/N-ethyl adjacent to an activating group) is 1. The summed E-state index contributed by atoms with van der Waals surface area (Å²) < 4.78 is 11.0. The van der Waals surface area contributed by atoms with E-state index in [0.717, 1.165) is 5.56 Å². The van der Waals surface area contributed by atoms with Gasteiger partial charge in [0, 0.05) is 31.7 Å². The first kappa shape index (κ1) is 17.3. The molecule has 0 fully saturated rings. The molecule has 0 unspecified atom stereocenters. The molecule has 118 valence electrons. The lowest BCUT2D eigenvalue weighted by atomic mass is 10.1. The summed E-state index contributed by atoms with van der Waals surface area (Å²) in [7, 11) is 5.00. The van der Waals surface area contributed by atoms with Crippen LogP contribution in [-0.4, -0.2) is 44.2 Å². The molecule has 1 aromatic carbocycles. The summed E-state index contributed by atoms with van der Waals surface area (Å²) >= 11 is 0. The van der Waals surface area contributed by atoms with Crippen molar-refractivity contribution in [1.29, 1.82) is 0 Å². The van der Waals surface area contributed by atoms with Gasteiger partial charge in [-0.3, -0.25) is 4.79 Å². The number of amides is 1. The van der Waals surface area contributed by atoms with Gasteiger partial charge in [0.25, 0.3) is 5.91 Å². The Morgan fingerprint density at radius 1 is 1.29 bits per heavy atom. The molecule has 0 heterocycles. The number of nitrogens with zero attached hydrogens (tertiary/aromatic N) is 1. The van der Waals surface area contributed by atoms with E-state index < -0.39 is 0 Å². The minimum atomic E-state index is -0.0874. The van der Waals surface area contributed by atoms with Crippen LogP contribution in [-0.2, 0) is 11.3 Å². The van der Waals surface area contributed by atoms with Gasteiger partial charge in [-0.2, -0.15) is 0 Å². The minimum absolute atomic E-state index is 0.000196. The summed E-state index contributed by atoms with van der Waals surface area (Å²) in [6.45, 7) is 6.94. The standard InChI is InChI=1S/C16H26N2O3/c1-16(2,3)17-10-12-8-7-9-13(20-6)15(12)21-11-14(19)18(4)5/h7-9,17H,10-11H2,1-6H3. The highest BCUT2D eigenvalue weighted by Gasteiger charge is 2.15. The zero-order valence-electron chi connectivity index (χ0n) is 13.8. The third kappa shape index (κ3) is 5.63. The van der Waals surface area contributed by atoms with Crippen molar-refractivity contribution in [3.05, 3.63) is 23.8 Å². The molecule has 0 atom stereocenters. The molecule has 0 aliphatic carbocycles. The number of para-hydroxylation sites is 1. The molecule has 1 N–H and O–H groups in total. The number of hydrogen-bond acceptors (Lipinski definition) is 4. The molecule has 0 radical (unpaired) electrons. The van der Waals surface area contributed by atoms with E-state index in [-0.39, 0.29) is 18.1 Å². The van der Waals surface area contributed by atoms with Crippen molar-refractivity contribution < 1.29 is 14.3 Å². The minimum Gasteiger partial charge on any atom is -0.493 e. The van der Waals surface area contributed by atoms with Crippen LogP contribution in [0.4, 0.5) is 0 Å². The topological polar surface area (TPSA) is 50.8 Å². The molecule has 21 heavy (non-hydrogen) atoms. The molecule has 0 aromatic heterocycles. The molecule has 1 rings (SSSR count). The fraction of sp³-hybridized carbons (Fsp3) is 0.562. The molecular formula is C16H26N2O3. The fourth-order valence-electron chi connectivity index (χ4n) is 1.65. The first-order chi connectivity index (χ1) is 9.74. The molecule has 1 amide bonds. The van der Waals surface area contributed by atoms with E-state index >= 15 is 0 Å².